The molecule has 0 aromatic heterocycles. The number of hydrogen-bond donors (Lipinski definition) is 1. The molecule has 2 nitrogen and oxygen atoms in total. The van der Waals surface area contributed by atoms with Gasteiger partial charge in [0.1, 0.15) is 0 Å². The molecule has 0 amide bonds. The molecule has 16 heavy (non-hydrogen) atoms. The van der Waals surface area contributed by atoms with Gasteiger partial charge in [-0.05, 0) is 37.2 Å². The molecule has 2 aliphatic heterocycles. The lowest BCUT2D eigenvalue weighted by atomic mass is 9.79. The molecule has 1 spiro atoms. The highest BCUT2D eigenvalue weighted by molar-refractivity contribution is 6.30. The predicted molar refractivity (Wildman–Crippen MR) is 70.8 cm³/mol. The Kier molecular flexibility index (Phi) is 3.34. The lowest BCUT2D eigenvalue weighted by molar-refractivity contribution is 0.243. The van der Waals surface area contributed by atoms with Crippen molar-refractivity contribution in [3.05, 3.63) is 29.3 Å². The molecule has 1 aromatic rings. The summed E-state index contributed by atoms with van der Waals surface area (Å²) >= 11 is 5.87. The summed E-state index contributed by atoms with van der Waals surface area (Å²) in [6.07, 6.45) is 1.33. The zero-order valence-electron chi connectivity index (χ0n) is 9.08. The Hall–Kier alpha value is -0.440. The van der Waals surface area contributed by atoms with Crippen molar-refractivity contribution in [1.29, 1.82) is 0 Å². The highest BCUT2D eigenvalue weighted by atomic mass is 35.5. The topological polar surface area (TPSA) is 15.3 Å². The molecule has 2 fully saturated rings. The molecule has 0 radical (unpaired) electrons. The molecular formula is C12H16Cl2N2. The van der Waals surface area contributed by atoms with Crippen LogP contribution in [0.4, 0.5) is 5.69 Å². The van der Waals surface area contributed by atoms with E-state index in [1.165, 1.54) is 38.3 Å². The van der Waals surface area contributed by atoms with Crippen molar-refractivity contribution in [3.8, 4) is 0 Å². The van der Waals surface area contributed by atoms with Crippen LogP contribution in [0.5, 0.6) is 0 Å². The van der Waals surface area contributed by atoms with E-state index in [0.29, 0.717) is 5.41 Å². The van der Waals surface area contributed by atoms with E-state index in [9.17, 15) is 0 Å². The number of halogens is 2. The van der Waals surface area contributed by atoms with Crippen molar-refractivity contribution < 1.29 is 0 Å². The average Bonchev–Trinajstić information content (AvgIpc) is 2.66. The van der Waals surface area contributed by atoms with E-state index < -0.39 is 0 Å². The second-order valence-corrected chi connectivity index (χ2v) is 5.20. The first kappa shape index (κ1) is 12.0. The van der Waals surface area contributed by atoms with Crippen LogP contribution in [-0.4, -0.2) is 26.2 Å². The molecule has 3 rings (SSSR count). The summed E-state index contributed by atoms with van der Waals surface area (Å²) in [6.45, 7) is 4.77. The van der Waals surface area contributed by atoms with Crippen molar-refractivity contribution in [3.63, 3.8) is 0 Å². The molecule has 2 heterocycles. The Morgan fingerprint density at radius 3 is 2.44 bits per heavy atom. The van der Waals surface area contributed by atoms with Crippen molar-refractivity contribution in [2.24, 2.45) is 5.41 Å². The maximum absolute atomic E-state index is 5.87. The maximum atomic E-state index is 5.87. The van der Waals surface area contributed by atoms with Gasteiger partial charge >= 0.3 is 0 Å². The number of hydrogen-bond acceptors (Lipinski definition) is 2. The first-order valence-corrected chi connectivity index (χ1v) is 5.87. The highest BCUT2D eigenvalue weighted by Crippen LogP contribution is 2.38. The standard InChI is InChI=1S/C12H15ClN2.ClH/c13-10-1-3-11(4-2-10)15-8-12(9-15)5-6-14-7-12;/h1-4,14H,5-9H2;1H. The quantitative estimate of drug-likeness (QED) is 0.833. The van der Waals surface area contributed by atoms with E-state index in [0.717, 1.165) is 5.02 Å². The Morgan fingerprint density at radius 1 is 1.19 bits per heavy atom. The van der Waals surface area contributed by atoms with Crippen LogP contribution in [0, 0.1) is 5.41 Å². The average molecular weight is 259 g/mol. The number of benzene rings is 1. The summed E-state index contributed by atoms with van der Waals surface area (Å²) in [5, 5.41) is 4.26. The largest absolute Gasteiger partial charge is 0.370 e. The number of anilines is 1. The summed E-state index contributed by atoms with van der Waals surface area (Å²) in [5.41, 5.74) is 1.87. The van der Waals surface area contributed by atoms with Gasteiger partial charge in [-0.15, -0.1) is 12.4 Å². The summed E-state index contributed by atoms with van der Waals surface area (Å²) in [5.74, 6) is 0. The molecule has 2 saturated heterocycles. The van der Waals surface area contributed by atoms with Crippen LogP contribution in [0.1, 0.15) is 6.42 Å². The van der Waals surface area contributed by atoms with E-state index in [2.05, 4.69) is 22.3 Å². The van der Waals surface area contributed by atoms with Crippen LogP contribution in [0.2, 0.25) is 5.02 Å². The molecule has 2 aliphatic rings. The van der Waals surface area contributed by atoms with E-state index in [1.807, 2.05) is 12.1 Å². The van der Waals surface area contributed by atoms with Gasteiger partial charge in [-0.2, -0.15) is 0 Å². The van der Waals surface area contributed by atoms with Crippen LogP contribution in [-0.2, 0) is 0 Å². The minimum atomic E-state index is 0. The lowest BCUT2D eigenvalue weighted by Crippen LogP contribution is -2.57. The second-order valence-electron chi connectivity index (χ2n) is 4.76. The molecule has 4 heteroatoms. The first-order valence-electron chi connectivity index (χ1n) is 5.49. The van der Waals surface area contributed by atoms with Gasteiger partial charge in [0.05, 0.1) is 0 Å². The van der Waals surface area contributed by atoms with Gasteiger partial charge in [0.2, 0.25) is 0 Å². The minimum Gasteiger partial charge on any atom is -0.370 e. The van der Waals surface area contributed by atoms with Gasteiger partial charge in [-0.1, -0.05) is 11.6 Å². The lowest BCUT2D eigenvalue weighted by Gasteiger charge is -2.49. The van der Waals surface area contributed by atoms with Gasteiger partial charge in [0.15, 0.2) is 0 Å². The van der Waals surface area contributed by atoms with Crippen molar-refractivity contribution in [2.75, 3.05) is 31.1 Å². The summed E-state index contributed by atoms with van der Waals surface area (Å²) in [4.78, 5) is 2.43. The smallest absolute Gasteiger partial charge is 0.0407 e. The maximum Gasteiger partial charge on any atom is 0.0407 e. The zero-order valence-corrected chi connectivity index (χ0v) is 10.7. The fourth-order valence-electron chi connectivity index (χ4n) is 2.66. The molecule has 0 atom stereocenters. The van der Waals surface area contributed by atoms with Crippen LogP contribution in [0.3, 0.4) is 0 Å². The van der Waals surface area contributed by atoms with Crippen LogP contribution < -0.4 is 10.2 Å². The molecule has 0 unspecified atom stereocenters. The van der Waals surface area contributed by atoms with Crippen molar-refractivity contribution >= 4 is 29.7 Å². The Labute approximate surface area is 107 Å². The molecular weight excluding hydrogens is 243 g/mol. The van der Waals surface area contributed by atoms with Gasteiger partial charge < -0.3 is 10.2 Å². The number of nitrogens with one attached hydrogen (secondary N) is 1. The van der Waals surface area contributed by atoms with E-state index in [-0.39, 0.29) is 12.4 Å². The SMILES string of the molecule is Cl.Clc1ccc(N2CC3(CCNC3)C2)cc1. The van der Waals surface area contributed by atoms with Crippen LogP contribution >= 0.6 is 24.0 Å². The normalized spacial score (nSPS) is 21.7. The van der Waals surface area contributed by atoms with Crippen molar-refractivity contribution in [1.82, 2.24) is 5.32 Å². The third-order valence-corrected chi connectivity index (χ3v) is 3.83. The van der Waals surface area contributed by atoms with Crippen molar-refractivity contribution in [2.45, 2.75) is 6.42 Å². The molecule has 1 N–H and O–H groups in total. The predicted octanol–water partition coefficient (Wildman–Crippen LogP) is 2.56. The third-order valence-electron chi connectivity index (χ3n) is 3.58. The number of nitrogens with zero attached hydrogens (tertiary/aromatic N) is 1. The fourth-order valence-corrected chi connectivity index (χ4v) is 2.79. The molecule has 88 valence electrons. The van der Waals surface area contributed by atoms with Gasteiger partial charge in [-0.25, -0.2) is 0 Å². The first-order chi connectivity index (χ1) is 7.27. The zero-order chi connectivity index (χ0) is 10.3. The fraction of sp³-hybridized carbons (Fsp3) is 0.500. The molecule has 1 aromatic carbocycles. The van der Waals surface area contributed by atoms with Gasteiger partial charge in [0, 0.05) is 35.8 Å². The van der Waals surface area contributed by atoms with Gasteiger partial charge in [0.25, 0.3) is 0 Å². The highest BCUT2D eigenvalue weighted by Gasteiger charge is 2.44. The molecule has 0 saturated carbocycles. The van der Waals surface area contributed by atoms with E-state index >= 15 is 0 Å². The second kappa shape index (κ2) is 4.44. The van der Waals surface area contributed by atoms with E-state index in [4.69, 9.17) is 11.6 Å². The van der Waals surface area contributed by atoms with Gasteiger partial charge in [-0.3, -0.25) is 0 Å². The minimum absolute atomic E-state index is 0. The summed E-state index contributed by atoms with van der Waals surface area (Å²) in [6, 6.07) is 8.15. The monoisotopic (exact) mass is 258 g/mol. The summed E-state index contributed by atoms with van der Waals surface area (Å²) < 4.78 is 0. The Morgan fingerprint density at radius 2 is 1.88 bits per heavy atom. The number of rotatable bonds is 1. The Balaban J connectivity index is 0.000000963. The van der Waals surface area contributed by atoms with Crippen LogP contribution in [0.15, 0.2) is 24.3 Å². The Bertz CT molecular complexity index is 350. The van der Waals surface area contributed by atoms with Crippen LogP contribution in [0.25, 0.3) is 0 Å². The third kappa shape index (κ3) is 2.02. The molecule has 0 bridgehead atoms. The van der Waals surface area contributed by atoms with E-state index in [1.54, 1.807) is 0 Å². The summed E-state index contributed by atoms with van der Waals surface area (Å²) in [7, 11) is 0. The molecule has 0 aliphatic carbocycles.